The number of rotatable bonds is 13. The second-order valence-corrected chi connectivity index (χ2v) is 8.07. The minimum absolute atomic E-state index is 0.172. The molecule has 1 saturated carbocycles. The highest BCUT2D eigenvalue weighted by Gasteiger charge is 2.39. The van der Waals surface area contributed by atoms with E-state index in [4.69, 9.17) is 0 Å². The number of esters is 1. The number of carbonyl (C=O) groups is 2. The van der Waals surface area contributed by atoms with Gasteiger partial charge in [0.25, 0.3) is 0 Å². The number of carbonyl (C=O) groups excluding carboxylic acids is 2. The van der Waals surface area contributed by atoms with Crippen molar-refractivity contribution in [2.45, 2.75) is 88.9 Å². The second-order valence-electron chi connectivity index (χ2n) is 7.41. The van der Waals surface area contributed by atoms with Gasteiger partial charge in [0.1, 0.15) is 5.78 Å². The third kappa shape index (κ3) is 8.72. The van der Waals surface area contributed by atoms with Crippen LogP contribution in [0.4, 0.5) is 0 Å². The van der Waals surface area contributed by atoms with Gasteiger partial charge in [-0.15, -0.1) is 0 Å². The van der Waals surface area contributed by atoms with Gasteiger partial charge in [0.2, 0.25) is 0 Å². The molecule has 0 aromatic carbocycles. The fraction of sp³-hybridized carbons (Fsp3) is 0.810. The predicted octanol–water partition coefficient (Wildman–Crippen LogP) is 4.50. The lowest BCUT2D eigenvalue weighted by atomic mass is 9.86. The van der Waals surface area contributed by atoms with E-state index in [-0.39, 0.29) is 23.2 Å². The number of methoxy groups -OCH3 is 1. The zero-order valence-electron chi connectivity index (χ0n) is 16.4. The molecule has 0 saturated heterocycles. The molecular formula is C21H36O4S. The number of ether oxygens (including phenoxy) is 1. The smallest absolute Gasteiger partial charge is 0.305 e. The molecule has 5 heteroatoms. The maximum absolute atomic E-state index is 12.0. The van der Waals surface area contributed by atoms with E-state index in [9.17, 15) is 14.7 Å². The van der Waals surface area contributed by atoms with Gasteiger partial charge < -0.3 is 9.84 Å². The van der Waals surface area contributed by atoms with Crippen LogP contribution in [0.15, 0.2) is 12.2 Å². The third-order valence-electron chi connectivity index (χ3n) is 5.39. The van der Waals surface area contributed by atoms with Crippen molar-refractivity contribution in [3.8, 4) is 0 Å². The molecule has 0 aliphatic heterocycles. The van der Waals surface area contributed by atoms with Crippen LogP contribution in [0.3, 0.4) is 0 Å². The Morgan fingerprint density at radius 2 is 1.88 bits per heavy atom. The molecule has 1 aliphatic carbocycles. The quantitative estimate of drug-likeness (QED) is 0.212. The number of Topliss-reactive ketones (excluding diaryl/α,β-unsaturated/α-hetero) is 1. The average Bonchev–Trinajstić information content (AvgIpc) is 2.89. The number of allylic oxidation sites excluding steroid dienone is 2. The number of hydrogen-bond donors (Lipinski definition) is 2. The Balaban J connectivity index is 2.36. The van der Waals surface area contributed by atoms with Crippen molar-refractivity contribution in [1.29, 1.82) is 0 Å². The molecule has 0 radical (unpaired) electrons. The van der Waals surface area contributed by atoms with Crippen LogP contribution in [0.1, 0.15) is 77.6 Å². The molecule has 26 heavy (non-hydrogen) atoms. The molecule has 0 bridgehead atoms. The first kappa shape index (κ1) is 23.2. The highest BCUT2D eigenvalue weighted by molar-refractivity contribution is 7.81. The Hall–Kier alpha value is -0.810. The molecule has 0 aromatic heterocycles. The van der Waals surface area contributed by atoms with Gasteiger partial charge in [-0.3, -0.25) is 9.59 Å². The van der Waals surface area contributed by atoms with E-state index in [0.717, 1.165) is 44.9 Å². The first-order chi connectivity index (χ1) is 12.5. The van der Waals surface area contributed by atoms with Crippen LogP contribution >= 0.6 is 12.6 Å². The molecule has 0 aromatic rings. The Morgan fingerprint density at radius 1 is 1.12 bits per heavy atom. The minimum atomic E-state index is -0.336. The lowest BCUT2D eigenvalue weighted by Gasteiger charge is -2.22. The largest absolute Gasteiger partial charge is 0.469 e. The fourth-order valence-corrected chi connectivity index (χ4v) is 4.35. The first-order valence-electron chi connectivity index (χ1n) is 10.1. The maximum Gasteiger partial charge on any atom is 0.305 e. The van der Waals surface area contributed by atoms with Gasteiger partial charge in [-0.05, 0) is 50.4 Å². The van der Waals surface area contributed by atoms with E-state index >= 15 is 0 Å². The van der Waals surface area contributed by atoms with Gasteiger partial charge in [-0.1, -0.05) is 31.9 Å². The number of thiol groups is 1. The van der Waals surface area contributed by atoms with Crippen LogP contribution in [0.5, 0.6) is 0 Å². The van der Waals surface area contributed by atoms with Crippen molar-refractivity contribution in [2.24, 2.45) is 11.8 Å². The SMILES string of the molecule is CCCCCC(=O)CC[C@H]1C(S)CC(O)[C@@H]1CC=CCCCC(=O)OC. The molecule has 1 aliphatic rings. The summed E-state index contributed by atoms with van der Waals surface area (Å²) < 4.78 is 4.62. The van der Waals surface area contributed by atoms with Gasteiger partial charge in [-0.2, -0.15) is 12.6 Å². The van der Waals surface area contributed by atoms with Crippen molar-refractivity contribution >= 4 is 24.4 Å². The van der Waals surface area contributed by atoms with Crippen molar-refractivity contribution < 1.29 is 19.4 Å². The standard InChI is InChI=1S/C21H36O4S/c1-3-4-7-10-16(22)13-14-18-17(19(23)15-20(18)26)11-8-5-6-9-12-21(24)25-2/h5,8,17-20,23,26H,3-4,6-7,9-15H2,1-2H3/t17-,18-,19?,20?/m1/s1. The molecule has 0 heterocycles. The molecule has 150 valence electrons. The molecular weight excluding hydrogens is 348 g/mol. The molecule has 2 unspecified atom stereocenters. The minimum Gasteiger partial charge on any atom is -0.469 e. The van der Waals surface area contributed by atoms with Crippen molar-refractivity contribution in [2.75, 3.05) is 7.11 Å². The summed E-state index contributed by atoms with van der Waals surface area (Å²) in [5, 5.41) is 10.5. The third-order valence-corrected chi connectivity index (χ3v) is 5.99. The summed E-state index contributed by atoms with van der Waals surface area (Å²) in [5.74, 6) is 0.643. The number of ketones is 1. The van der Waals surface area contributed by atoms with Crippen LogP contribution < -0.4 is 0 Å². The lowest BCUT2D eigenvalue weighted by molar-refractivity contribution is -0.140. The average molecular weight is 385 g/mol. The van der Waals surface area contributed by atoms with E-state index in [1.165, 1.54) is 7.11 Å². The molecule has 0 amide bonds. The first-order valence-corrected chi connectivity index (χ1v) is 10.6. The van der Waals surface area contributed by atoms with Crippen LogP contribution in [0, 0.1) is 11.8 Å². The van der Waals surface area contributed by atoms with E-state index in [0.29, 0.717) is 37.4 Å². The highest BCUT2D eigenvalue weighted by Crippen LogP contribution is 2.41. The summed E-state index contributed by atoms with van der Waals surface area (Å²) in [4.78, 5) is 23.1. The summed E-state index contributed by atoms with van der Waals surface area (Å²) >= 11 is 4.66. The molecule has 1 rings (SSSR count). The topological polar surface area (TPSA) is 63.6 Å². The Bertz CT molecular complexity index is 449. The monoisotopic (exact) mass is 384 g/mol. The number of unbranched alkanes of at least 4 members (excludes halogenated alkanes) is 3. The summed E-state index contributed by atoms with van der Waals surface area (Å²) in [5.41, 5.74) is 0. The van der Waals surface area contributed by atoms with Crippen LogP contribution in [0.2, 0.25) is 0 Å². The Morgan fingerprint density at radius 3 is 2.58 bits per heavy atom. The summed E-state index contributed by atoms with van der Waals surface area (Å²) in [6.45, 7) is 2.14. The van der Waals surface area contributed by atoms with Crippen LogP contribution in [0.25, 0.3) is 0 Å². The number of aliphatic hydroxyl groups excluding tert-OH is 1. The van der Waals surface area contributed by atoms with Gasteiger partial charge in [0, 0.05) is 24.5 Å². The number of hydrogen-bond acceptors (Lipinski definition) is 5. The zero-order valence-corrected chi connectivity index (χ0v) is 17.3. The van der Waals surface area contributed by atoms with Crippen molar-refractivity contribution in [1.82, 2.24) is 0 Å². The van der Waals surface area contributed by atoms with E-state index < -0.39 is 0 Å². The van der Waals surface area contributed by atoms with Crippen molar-refractivity contribution in [3.05, 3.63) is 12.2 Å². The molecule has 4 nitrogen and oxygen atoms in total. The fourth-order valence-electron chi connectivity index (χ4n) is 3.77. The maximum atomic E-state index is 12.0. The summed E-state index contributed by atoms with van der Waals surface area (Å²) in [7, 11) is 1.40. The Labute approximate surface area is 164 Å². The lowest BCUT2D eigenvalue weighted by Crippen LogP contribution is -2.21. The summed E-state index contributed by atoms with van der Waals surface area (Å²) in [6, 6.07) is 0. The molecule has 4 atom stereocenters. The molecule has 1 N–H and O–H groups in total. The van der Waals surface area contributed by atoms with Gasteiger partial charge in [0.15, 0.2) is 0 Å². The van der Waals surface area contributed by atoms with Gasteiger partial charge >= 0.3 is 5.97 Å². The molecule has 1 fully saturated rings. The normalized spacial score (nSPS) is 25.7. The summed E-state index contributed by atoms with van der Waals surface area (Å²) in [6.07, 6.45) is 12.8. The van der Waals surface area contributed by atoms with Crippen molar-refractivity contribution in [3.63, 3.8) is 0 Å². The van der Waals surface area contributed by atoms with E-state index in [1.807, 2.05) is 0 Å². The van der Waals surface area contributed by atoms with E-state index in [1.54, 1.807) is 0 Å². The molecule has 0 spiro atoms. The second kappa shape index (κ2) is 13.4. The highest BCUT2D eigenvalue weighted by atomic mass is 32.1. The van der Waals surface area contributed by atoms with Crippen LogP contribution in [-0.2, 0) is 14.3 Å². The van der Waals surface area contributed by atoms with E-state index in [2.05, 4.69) is 36.4 Å². The van der Waals surface area contributed by atoms with Gasteiger partial charge in [-0.25, -0.2) is 0 Å². The van der Waals surface area contributed by atoms with Gasteiger partial charge in [0.05, 0.1) is 13.2 Å². The van der Waals surface area contributed by atoms with Crippen LogP contribution in [-0.4, -0.2) is 35.3 Å². The number of aliphatic hydroxyl groups is 1. The predicted molar refractivity (Wildman–Crippen MR) is 108 cm³/mol. The Kier molecular flexibility index (Phi) is 11.9. The zero-order chi connectivity index (χ0) is 19.4.